The maximum Gasteiger partial charge on any atom is 0.338 e. The smallest absolute Gasteiger partial charge is 0.338 e. The summed E-state index contributed by atoms with van der Waals surface area (Å²) in [6, 6.07) is 8.42. The molecule has 1 aromatic carbocycles. The highest BCUT2D eigenvalue weighted by Crippen LogP contribution is 2.28. The molecule has 0 bridgehead atoms. The quantitative estimate of drug-likeness (QED) is 0.571. The number of pyridine rings is 1. The van der Waals surface area contributed by atoms with E-state index in [9.17, 15) is 9.59 Å². The van der Waals surface area contributed by atoms with Gasteiger partial charge >= 0.3 is 5.97 Å². The van der Waals surface area contributed by atoms with Crippen LogP contribution in [0.5, 0.6) is 5.75 Å². The summed E-state index contributed by atoms with van der Waals surface area (Å²) in [6.45, 7) is 6.35. The fourth-order valence-electron chi connectivity index (χ4n) is 2.43. The number of nitrogens with zero attached hydrogens (tertiary/aromatic N) is 1. The Labute approximate surface area is 153 Å². The van der Waals surface area contributed by atoms with Gasteiger partial charge in [0.2, 0.25) is 0 Å². The summed E-state index contributed by atoms with van der Waals surface area (Å²) >= 11 is 0. The van der Waals surface area contributed by atoms with E-state index in [0.29, 0.717) is 41.5 Å². The number of aromatic nitrogens is 1. The third-order valence-electron chi connectivity index (χ3n) is 3.80. The van der Waals surface area contributed by atoms with E-state index < -0.39 is 5.97 Å². The van der Waals surface area contributed by atoms with Gasteiger partial charge in [-0.15, -0.1) is 0 Å². The van der Waals surface area contributed by atoms with Gasteiger partial charge in [-0.2, -0.15) is 0 Å². The number of nitrogens with one attached hydrogen (secondary N) is 1. The highest BCUT2D eigenvalue weighted by atomic mass is 16.5. The second kappa shape index (κ2) is 9.56. The first-order chi connectivity index (χ1) is 12.6. The van der Waals surface area contributed by atoms with Crippen LogP contribution in [-0.4, -0.2) is 30.1 Å². The van der Waals surface area contributed by atoms with Crippen LogP contribution in [0.4, 0.5) is 5.82 Å². The van der Waals surface area contributed by atoms with Crippen LogP contribution in [0.1, 0.15) is 53.0 Å². The first-order valence-corrected chi connectivity index (χ1v) is 8.74. The Morgan fingerprint density at radius 1 is 1.12 bits per heavy atom. The molecule has 0 saturated heterocycles. The maximum atomic E-state index is 12.6. The van der Waals surface area contributed by atoms with Crippen LogP contribution in [-0.2, 0) is 4.74 Å². The zero-order chi connectivity index (χ0) is 18.9. The van der Waals surface area contributed by atoms with Crippen molar-refractivity contribution in [2.75, 3.05) is 18.5 Å². The SMILES string of the molecule is CCCCOC(=O)c1ccc(C(=O)Nc2ccccn2)c(OCC)c1C. The number of hydrogen-bond donors (Lipinski definition) is 1. The Morgan fingerprint density at radius 3 is 2.54 bits per heavy atom. The number of carbonyl (C=O) groups excluding carboxylic acids is 2. The summed E-state index contributed by atoms with van der Waals surface area (Å²) < 4.78 is 10.9. The van der Waals surface area contributed by atoms with Crippen LogP contribution in [0.3, 0.4) is 0 Å². The molecule has 0 atom stereocenters. The van der Waals surface area contributed by atoms with Crippen LogP contribution in [0.2, 0.25) is 0 Å². The summed E-state index contributed by atoms with van der Waals surface area (Å²) in [5, 5.41) is 2.73. The highest BCUT2D eigenvalue weighted by Gasteiger charge is 2.21. The first-order valence-electron chi connectivity index (χ1n) is 8.74. The van der Waals surface area contributed by atoms with Crippen molar-refractivity contribution >= 4 is 17.7 Å². The molecule has 138 valence electrons. The molecular weight excluding hydrogens is 332 g/mol. The molecule has 6 nitrogen and oxygen atoms in total. The molecule has 1 heterocycles. The van der Waals surface area contributed by atoms with E-state index >= 15 is 0 Å². The van der Waals surface area contributed by atoms with Gasteiger partial charge < -0.3 is 14.8 Å². The minimum atomic E-state index is -0.409. The predicted molar refractivity (Wildman–Crippen MR) is 99.7 cm³/mol. The minimum Gasteiger partial charge on any atom is -0.493 e. The number of unbranched alkanes of at least 4 members (excludes halogenated alkanes) is 1. The van der Waals surface area contributed by atoms with Gasteiger partial charge in [0.25, 0.3) is 5.91 Å². The molecule has 2 aromatic rings. The van der Waals surface area contributed by atoms with E-state index in [2.05, 4.69) is 10.3 Å². The van der Waals surface area contributed by atoms with E-state index in [-0.39, 0.29) is 5.91 Å². The minimum absolute atomic E-state index is 0.346. The van der Waals surface area contributed by atoms with Gasteiger partial charge in [0.05, 0.1) is 24.3 Å². The molecule has 1 aromatic heterocycles. The summed E-state index contributed by atoms with van der Waals surface area (Å²) in [5.41, 5.74) is 1.33. The molecule has 0 aliphatic rings. The Bertz CT molecular complexity index is 760. The second-order valence-corrected chi connectivity index (χ2v) is 5.71. The van der Waals surface area contributed by atoms with Crippen molar-refractivity contribution in [3.8, 4) is 5.75 Å². The van der Waals surface area contributed by atoms with Gasteiger partial charge in [0, 0.05) is 11.8 Å². The molecule has 0 fully saturated rings. The van der Waals surface area contributed by atoms with Gasteiger partial charge in [0.15, 0.2) is 0 Å². The number of rotatable bonds is 8. The lowest BCUT2D eigenvalue weighted by atomic mass is 10.0. The zero-order valence-electron chi connectivity index (χ0n) is 15.4. The molecule has 1 amide bonds. The molecule has 26 heavy (non-hydrogen) atoms. The van der Waals surface area contributed by atoms with Crippen LogP contribution in [0.25, 0.3) is 0 Å². The topological polar surface area (TPSA) is 77.5 Å². The predicted octanol–water partition coefficient (Wildman–Crippen LogP) is 4.00. The molecule has 0 aliphatic carbocycles. The first kappa shape index (κ1) is 19.4. The van der Waals surface area contributed by atoms with Crippen molar-refractivity contribution in [2.45, 2.75) is 33.6 Å². The third-order valence-corrected chi connectivity index (χ3v) is 3.80. The average molecular weight is 356 g/mol. The summed E-state index contributed by atoms with van der Waals surface area (Å²) in [7, 11) is 0. The van der Waals surface area contributed by atoms with Gasteiger partial charge in [-0.05, 0) is 44.5 Å². The molecule has 1 N–H and O–H groups in total. The normalized spacial score (nSPS) is 10.3. The van der Waals surface area contributed by atoms with E-state index in [1.165, 1.54) is 0 Å². The number of esters is 1. The molecule has 0 spiro atoms. The monoisotopic (exact) mass is 356 g/mol. The fraction of sp³-hybridized carbons (Fsp3) is 0.350. The lowest BCUT2D eigenvalue weighted by Crippen LogP contribution is -2.17. The number of ether oxygens (including phenoxy) is 2. The Kier molecular flexibility index (Phi) is 7.14. The van der Waals surface area contributed by atoms with Gasteiger partial charge in [-0.3, -0.25) is 4.79 Å². The van der Waals surface area contributed by atoms with E-state index in [0.717, 1.165) is 12.8 Å². The van der Waals surface area contributed by atoms with Crippen molar-refractivity contribution in [1.29, 1.82) is 0 Å². The lowest BCUT2D eigenvalue weighted by molar-refractivity contribution is 0.0498. The fourth-order valence-corrected chi connectivity index (χ4v) is 2.43. The molecule has 0 radical (unpaired) electrons. The molecular formula is C20H24N2O4. The summed E-state index contributed by atoms with van der Waals surface area (Å²) in [5.74, 6) is 0.0706. The molecule has 0 saturated carbocycles. The Balaban J connectivity index is 2.28. The number of hydrogen-bond acceptors (Lipinski definition) is 5. The van der Waals surface area contributed by atoms with Crippen molar-refractivity contribution in [2.24, 2.45) is 0 Å². The zero-order valence-corrected chi connectivity index (χ0v) is 15.4. The van der Waals surface area contributed by atoms with E-state index in [1.54, 1.807) is 43.5 Å². The van der Waals surface area contributed by atoms with Crippen molar-refractivity contribution < 1.29 is 19.1 Å². The van der Waals surface area contributed by atoms with Gasteiger partial charge in [-0.25, -0.2) is 9.78 Å². The Hall–Kier alpha value is -2.89. The standard InChI is InChI=1S/C20H24N2O4/c1-4-6-13-26-20(24)15-10-11-16(18(14(15)3)25-5-2)19(23)22-17-9-7-8-12-21-17/h7-12H,4-6,13H2,1-3H3,(H,21,22,23). The van der Waals surface area contributed by atoms with E-state index in [4.69, 9.17) is 9.47 Å². The average Bonchev–Trinajstić information content (AvgIpc) is 2.64. The lowest BCUT2D eigenvalue weighted by Gasteiger charge is -2.16. The van der Waals surface area contributed by atoms with Crippen molar-refractivity contribution in [3.63, 3.8) is 0 Å². The van der Waals surface area contributed by atoms with E-state index in [1.807, 2.05) is 13.8 Å². The highest BCUT2D eigenvalue weighted by molar-refractivity contribution is 6.07. The van der Waals surface area contributed by atoms with Crippen LogP contribution in [0.15, 0.2) is 36.5 Å². The van der Waals surface area contributed by atoms with Crippen LogP contribution >= 0.6 is 0 Å². The number of carbonyl (C=O) groups is 2. The number of benzene rings is 1. The van der Waals surface area contributed by atoms with Gasteiger partial charge in [-0.1, -0.05) is 19.4 Å². The molecule has 2 rings (SSSR count). The Morgan fingerprint density at radius 2 is 1.88 bits per heavy atom. The summed E-state index contributed by atoms with van der Waals surface area (Å²) in [6.07, 6.45) is 3.36. The maximum absolute atomic E-state index is 12.6. The van der Waals surface area contributed by atoms with Gasteiger partial charge in [0.1, 0.15) is 11.6 Å². The molecule has 0 unspecified atom stereocenters. The summed E-state index contributed by atoms with van der Waals surface area (Å²) in [4.78, 5) is 29.0. The van der Waals surface area contributed by atoms with Crippen LogP contribution < -0.4 is 10.1 Å². The molecule has 6 heteroatoms. The van der Waals surface area contributed by atoms with Crippen molar-refractivity contribution in [3.05, 3.63) is 53.2 Å². The number of anilines is 1. The molecule has 0 aliphatic heterocycles. The third kappa shape index (κ3) is 4.81. The van der Waals surface area contributed by atoms with Crippen molar-refractivity contribution in [1.82, 2.24) is 4.98 Å². The van der Waals surface area contributed by atoms with Crippen LogP contribution in [0, 0.1) is 6.92 Å². The number of amides is 1. The second-order valence-electron chi connectivity index (χ2n) is 5.71. The largest absolute Gasteiger partial charge is 0.493 e.